The molecule has 0 fully saturated rings. The Balaban J connectivity index is 0. The Bertz CT molecular complexity index is 187. The fraction of sp³-hybridized carbons (Fsp3) is 0.250. The van der Waals surface area contributed by atoms with Crippen molar-refractivity contribution in [3.05, 3.63) is 25.3 Å². The van der Waals surface area contributed by atoms with E-state index in [9.17, 15) is 0 Å². The zero-order valence-electron chi connectivity index (χ0n) is 6.69. The van der Waals surface area contributed by atoms with Crippen LogP contribution in [0.15, 0.2) is 35.3 Å². The van der Waals surface area contributed by atoms with Gasteiger partial charge in [0.2, 0.25) is 0 Å². The molecule has 0 spiro atoms. The van der Waals surface area contributed by atoms with Crippen LogP contribution in [0, 0.1) is 0 Å². The lowest BCUT2D eigenvalue weighted by molar-refractivity contribution is 1.27. The van der Waals surface area contributed by atoms with Crippen molar-refractivity contribution in [2.75, 3.05) is 13.1 Å². The SMILES string of the molecule is C=CCN=C=S.C=CCN=C=S. The van der Waals surface area contributed by atoms with Gasteiger partial charge in [-0.3, -0.25) is 0 Å². The van der Waals surface area contributed by atoms with E-state index < -0.39 is 0 Å². The Hall–Kier alpha value is -0.920. The Kier molecular flexibility index (Phi) is 18.9. The first-order valence-electron chi connectivity index (χ1n) is 3.12. The summed E-state index contributed by atoms with van der Waals surface area (Å²) < 4.78 is 0. The maximum Gasteiger partial charge on any atom is 0.0671 e. The van der Waals surface area contributed by atoms with Crippen molar-refractivity contribution >= 4 is 34.8 Å². The van der Waals surface area contributed by atoms with Crippen molar-refractivity contribution < 1.29 is 0 Å². The van der Waals surface area contributed by atoms with Crippen molar-refractivity contribution in [3.63, 3.8) is 0 Å². The van der Waals surface area contributed by atoms with Gasteiger partial charge in [-0.15, -0.1) is 13.2 Å². The molecule has 0 amide bonds. The first kappa shape index (κ1) is 13.7. The molecular weight excluding hydrogens is 188 g/mol. The second-order valence-electron chi connectivity index (χ2n) is 1.44. The van der Waals surface area contributed by atoms with E-state index in [-0.39, 0.29) is 0 Å². The third kappa shape index (κ3) is 23.0. The molecule has 0 saturated carbocycles. The summed E-state index contributed by atoms with van der Waals surface area (Å²) in [5.41, 5.74) is 0. The number of rotatable bonds is 4. The summed E-state index contributed by atoms with van der Waals surface area (Å²) in [6.07, 6.45) is 3.33. The molecule has 12 heavy (non-hydrogen) atoms. The van der Waals surface area contributed by atoms with Crippen LogP contribution in [0.4, 0.5) is 0 Å². The van der Waals surface area contributed by atoms with Gasteiger partial charge in [-0.25, -0.2) is 9.98 Å². The zero-order valence-corrected chi connectivity index (χ0v) is 8.33. The summed E-state index contributed by atoms with van der Waals surface area (Å²) in [6.45, 7) is 8.01. The van der Waals surface area contributed by atoms with E-state index in [1.54, 1.807) is 12.2 Å². The van der Waals surface area contributed by atoms with E-state index in [1.165, 1.54) is 0 Å². The maximum atomic E-state index is 4.25. The molecule has 0 saturated heterocycles. The average molecular weight is 198 g/mol. The van der Waals surface area contributed by atoms with Crippen LogP contribution in [0.1, 0.15) is 0 Å². The van der Waals surface area contributed by atoms with Crippen LogP contribution in [0.25, 0.3) is 0 Å². The van der Waals surface area contributed by atoms with E-state index in [2.05, 4.69) is 57.9 Å². The van der Waals surface area contributed by atoms with Gasteiger partial charge in [0.05, 0.1) is 23.4 Å². The molecule has 4 heteroatoms. The highest BCUT2D eigenvalue weighted by Gasteiger charge is 1.56. The molecule has 0 radical (unpaired) electrons. The Morgan fingerprint density at radius 1 is 1.00 bits per heavy atom. The van der Waals surface area contributed by atoms with Crippen LogP contribution in [-0.4, -0.2) is 23.4 Å². The van der Waals surface area contributed by atoms with E-state index in [0.29, 0.717) is 13.1 Å². The molecule has 0 unspecified atom stereocenters. The summed E-state index contributed by atoms with van der Waals surface area (Å²) in [5, 5.41) is 4.41. The molecule has 0 aromatic rings. The van der Waals surface area contributed by atoms with Crippen LogP contribution >= 0.6 is 24.4 Å². The highest BCUT2D eigenvalue weighted by atomic mass is 32.1. The number of thiocarbonyl (C=S) groups is 2. The molecule has 0 aromatic heterocycles. The molecule has 0 bridgehead atoms. The zero-order chi connectivity index (χ0) is 9.66. The van der Waals surface area contributed by atoms with Gasteiger partial charge in [-0.2, -0.15) is 0 Å². The quantitative estimate of drug-likeness (QED) is 0.394. The number of hydrogen-bond donors (Lipinski definition) is 0. The molecule has 0 aliphatic carbocycles. The predicted octanol–water partition coefficient (Wildman–Crippen LogP) is 2.55. The Labute approximate surface area is 83.4 Å². The highest BCUT2D eigenvalue weighted by molar-refractivity contribution is 7.78. The third-order valence-electron chi connectivity index (χ3n) is 0.570. The predicted molar refractivity (Wildman–Crippen MR) is 60.2 cm³/mol. The second-order valence-corrected chi connectivity index (χ2v) is 1.81. The summed E-state index contributed by atoms with van der Waals surface area (Å²) in [7, 11) is 0. The van der Waals surface area contributed by atoms with Crippen molar-refractivity contribution in [2.24, 2.45) is 9.98 Å². The van der Waals surface area contributed by atoms with Gasteiger partial charge in [0.1, 0.15) is 0 Å². The van der Waals surface area contributed by atoms with E-state index >= 15 is 0 Å². The van der Waals surface area contributed by atoms with Crippen LogP contribution in [0.2, 0.25) is 0 Å². The summed E-state index contributed by atoms with van der Waals surface area (Å²) in [6, 6.07) is 0. The Morgan fingerprint density at radius 3 is 1.42 bits per heavy atom. The maximum absolute atomic E-state index is 4.25. The average Bonchev–Trinajstić information content (AvgIpc) is 2.12. The van der Waals surface area contributed by atoms with Crippen LogP contribution in [0.3, 0.4) is 0 Å². The molecular formula is C8H10N2S2. The van der Waals surface area contributed by atoms with Gasteiger partial charge < -0.3 is 0 Å². The fourth-order valence-electron chi connectivity index (χ4n) is 0.204. The van der Waals surface area contributed by atoms with Crippen molar-refractivity contribution in [1.82, 2.24) is 0 Å². The third-order valence-corrected chi connectivity index (χ3v) is 0.828. The number of hydrogen-bond acceptors (Lipinski definition) is 4. The van der Waals surface area contributed by atoms with Gasteiger partial charge in [-0.1, -0.05) is 12.2 Å². The molecule has 0 atom stereocenters. The van der Waals surface area contributed by atoms with Gasteiger partial charge in [0.15, 0.2) is 0 Å². The monoisotopic (exact) mass is 198 g/mol. The molecule has 0 aromatic carbocycles. The summed E-state index contributed by atoms with van der Waals surface area (Å²) in [5.74, 6) is 0. The number of nitrogens with zero attached hydrogens (tertiary/aromatic N) is 2. The van der Waals surface area contributed by atoms with Crippen molar-refractivity contribution in [1.29, 1.82) is 0 Å². The second kappa shape index (κ2) is 16.6. The lowest BCUT2D eigenvalue weighted by Crippen LogP contribution is -1.61. The normalized spacial score (nSPS) is 6.00. The number of isothiocyanates is 2. The van der Waals surface area contributed by atoms with Gasteiger partial charge in [0, 0.05) is 0 Å². The smallest absolute Gasteiger partial charge is 0.0671 e. The first-order chi connectivity index (χ1) is 5.83. The van der Waals surface area contributed by atoms with E-state index in [0.717, 1.165) is 0 Å². The topological polar surface area (TPSA) is 24.7 Å². The van der Waals surface area contributed by atoms with Gasteiger partial charge in [0.25, 0.3) is 0 Å². The molecule has 0 N–H and O–H groups in total. The van der Waals surface area contributed by atoms with Gasteiger partial charge in [-0.05, 0) is 24.4 Å². The van der Waals surface area contributed by atoms with Crippen LogP contribution in [0.5, 0.6) is 0 Å². The largest absolute Gasteiger partial charge is 0.228 e. The molecule has 2 nitrogen and oxygen atoms in total. The van der Waals surface area contributed by atoms with Crippen LogP contribution < -0.4 is 0 Å². The molecule has 64 valence electrons. The lowest BCUT2D eigenvalue weighted by atomic mass is 10.7. The van der Waals surface area contributed by atoms with Crippen molar-refractivity contribution in [2.45, 2.75) is 0 Å². The van der Waals surface area contributed by atoms with Crippen molar-refractivity contribution in [3.8, 4) is 0 Å². The lowest BCUT2D eigenvalue weighted by Gasteiger charge is -1.65. The van der Waals surface area contributed by atoms with E-state index in [4.69, 9.17) is 0 Å². The number of aliphatic imine (C=N–C) groups is 2. The highest BCUT2D eigenvalue weighted by Crippen LogP contribution is 1.63. The molecule has 0 aliphatic heterocycles. The standard InChI is InChI=1S/2C4H5NS/c2*1-2-3-5-4-6/h2*2H,1,3H2. The molecule has 0 heterocycles. The minimum absolute atomic E-state index is 0.587. The summed E-state index contributed by atoms with van der Waals surface area (Å²) >= 11 is 8.51. The molecule has 0 aliphatic rings. The Morgan fingerprint density at radius 2 is 1.33 bits per heavy atom. The molecule has 0 rings (SSSR count). The minimum atomic E-state index is 0.587. The fourth-order valence-corrected chi connectivity index (χ4v) is 0.353. The van der Waals surface area contributed by atoms with Crippen LogP contribution in [-0.2, 0) is 0 Å². The minimum Gasteiger partial charge on any atom is -0.228 e. The van der Waals surface area contributed by atoms with Gasteiger partial charge >= 0.3 is 0 Å². The summed E-state index contributed by atoms with van der Waals surface area (Å²) in [4.78, 5) is 7.07. The first-order valence-corrected chi connectivity index (χ1v) is 3.94. The van der Waals surface area contributed by atoms with E-state index in [1.807, 2.05) is 0 Å².